The Hall–Kier alpha value is -0.540. The van der Waals surface area contributed by atoms with Crippen molar-refractivity contribution in [3.05, 3.63) is 11.3 Å². The summed E-state index contributed by atoms with van der Waals surface area (Å²) in [5, 5.41) is 0. The van der Waals surface area contributed by atoms with E-state index in [1.165, 1.54) is 11.3 Å². The molecule has 1 aliphatic heterocycles. The van der Waals surface area contributed by atoms with E-state index in [2.05, 4.69) is 39.5 Å². The Morgan fingerprint density at radius 3 is 2.24 bits per heavy atom. The molecule has 0 bridgehead atoms. The molecule has 0 aliphatic carbocycles. The van der Waals surface area contributed by atoms with Gasteiger partial charge in [-0.15, -0.1) is 0 Å². The predicted molar refractivity (Wildman–Crippen MR) is 72.8 cm³/mol. The first-order valence-electron chi connectivity index (χ1n) is 6.75. The van der Waals surface area contributed by atoms with Crippen LogP contribution in [0.15, 0.2) is 11.3 Å². The van der Waals surface area contributed by atoms with Crippen molar-refractivity contribution in [3.8, 4) is 0 Å². The smallest absolute Gasteiger partial charge is 0.0726 e. The van der Waals surface area contributed by atoms with Crippen LogP contribution in [0.5, 0.6) is 0 Å². The largest absolute Gasteiger partial charge is 0.372 e. The van der Waals surface area contributed by atoms with Crippen molar-refractivity contribution in [1.29, 1.82) is 0 Å². The molecule has 0 aromatic carbocycles. The molecule has 100 valence electrons. The molecule has 0 saturated carbocycles. The zero-order valence-corrected chi connectivity index (χ0v) is 12.0. The summed E-state index contributed by atoms with van der Waals surface area (Å²) < 4.78 is 5.80. The van der Waals surface area contributed by atoms with Gasteiger partial charge in [0.25, 0.3) is 0 Å². The summed E-state index contributed by atoms with van der Waals surface area (Å²) in [5.41, 5.74) is 8.58. The zero-order chi connectivity index (χ0) is 13.0. The molecule has 0 radical (unpaired) electrons. The summed E-state index contributed by atoms with van der Waals surface area (Å²) in [6, 6.07) is 0. The Morgan fingerprint density at radius 1 is 1.29 bits per heavy atom. The molecule has 1 rings (SSSR count). The molecule has 1 saturated heterocycles. The number of rotatable bonds is 4. The molecular weight excluding hydrogens is 212 g/mol. The van der Waals surface area contributed by atoms with Gasteiger partial charge in [-0.3, -0.25) is 0 Å². The second-order valence-corrected chi connectivity index (χ2v) is 5.52. The highest BCUT2D eigenvalue weighted by atomic mass is 16.5. The highest BCUT2D eigenvalue weighted by Crippen LogP contribution is 2.25. The van der Waals surface area contributed by atoms with Crippen LogP contribution in [0.4, 0.5) is 0 Å². The molecule has 1 fully saturated rings. The second kappa shape index (κ2) is 6.41. The standard InChI is InChI=1S/C14H28N2O/c1-10(2)14(11(3)6-7-15)16-8-12(4)17-13(5)9-16/h10,12-13H,6-9,15H2,1-5H3/b14-11+/t12-,13+. The molecule has 0 aromatic heterocycles. The van der Waals surface area contributed by atoms with Gasteiger partial charge in [-0.1, -0.05) is 19.4 Å². The van der Waals surface area contributed by atoms with E-state index < -0.39 is 0 Å². The SMILES string of the molecule is C/C(CCN)=C(/C(C)C)N1C[C@@H](C)O[C@@H](C)C1. The number of hydrogen-bond acceptors (Lipinski definition) is 3. The molecule has 0 aromatic rings. The van der Waals surface area contributed by atoms with Crippen LogP contribution in [0.2, 0.25) is 0 Å². The third-order valence-corrected chi connectivity index (χ3v) is 3.26. The van der Waals surface area contributed by atoms with Gasteiger partial charge in [0, 0.05) is 18.8 Å². The van der Waals surface area contributed by atoms with Crippen LogP contribution in [0.3, 0.4) is 0 Å². The van der Waals surface area contributed by atoms with Crippen LogP contribution in [0.25, 0.3) is 0 Å². The lowest BCUT2D eigenvalue weighted by Gasteiger charge is -2.40. The minimum atomic E-state index is 0.318. The summed E-state index contributed by atoms with van der Waals surface area (Å²) in [7, 11) is 0. The predicted octanol–water partition coefficient (Wildman–Crippen LogP) is 2.37. The minimum absolute atomic E-state index is 0.318. The monoisotopic (exact) mass is 240 g/mol. The van der Waals surface area contributed by atoms with Gasteiger partial charge in [-0.05, 0) is 39.7 Å². The van der Waals surface area contributed by atoms with Crippen LogP contribution in [-0.4, -0.2) is 36.7 Å². The molecule has 2 N–H and O–H groups in total. The van der Waals surface area contributed by atoms with Crippen LogP contribution < -0.4 is 5.73 Å². The molecular formula is C14H28N2O. The average Bonchev–Trinajstić information content (AvgIpc) is 2.15. The normalized spacial score (nSPS) is 27.4. The molecule has 0 amide bonds. The summed E-state index contributed by atoms with van der Waals surface area (Å²) in [5.74, 6) is 0.555. The quantitative estimate of drug-likeness (QED) is 0.820. The van der Waals surface area contributed by atoms with Crippen LogP contribution in [0, 0.1) is 5.92 Å². The Kier molecular flexibility index (Phi) is 5.47. The third kappa shape index (κ3) is 4.00. The fourth-order valence-corrected chi connectivity index (χ4v) is 2.85. The van der Waals surface area contributed by atoms with E-state index in [4.69, 9.17) is 10.5 Å². The van der Waals surface area contributed by atoms with Gasteiger partial charge >= 0.3 is 0 Å². The maximum absolute atomic E-state index is 5.80. The fraction of sp³-hybridized carbons (Fsp3) is 0.857. The van der Waals surface area contributed by atoms with Crippen molar-refractivity contribution in [2.75, 3.05) is 19.6 Å². The topological polar surface area (TPSA) is 38.5 Å². The molecule has 1 heterocycles. The molecule has 2 atom stereocenters. The van der Waals surface area contributed by atoms with Gasteiger partial charge in [0.2, 0.25) is 0 Å². The number of allylic oxidation sites excluding steroid dienone is 1. The molecule has 3 nitrogen and oxygen atoms in total. The van der Waals surface area contributed by atoms with Gasteiger partial charge in [-0.2, -0.15) is 0 Å². The van der Waals surface area contributed by atoms with Gasteiger partial charge in [-0.25, -0.2) is 0 Å². The van der Waals surface area contributed by atoms with E-state index in [1.807, 2.05) is 0 Å². The molecule has 0 unspecified atom stereocenters. The fourth-order valence-electron chi connectivity index (χ4n) is 2.85. The molecule has 1 aliphatic rings. The number of nitrogens with two attached hydrogens (primary N) is 1. The van der Waals surface area contributed by atoms with Gasteiger partial charge in [0.15, 0.2) is 0 Å². The van der Waals surface area contributed by atoms with E-state index in [0.717, 1.165) is 26.1 Å². The molecule has 0 spiro atoms. The average molecular weight is 240 g/mol. The first-order chi connectivity index (χ1) is 7.95. The third-order valence-electron chi connectivity index (χ3n) is 3.26. The van der Waals surface area contributed by atoms with Gasteiger partial charge in [0.05, 0.1) is 12.2 Å². The number of nitrogens with zero attached hydrogens (tertiary/aromatic N) is 1. The maximum Gasteiger partial charge on any atom is 0.0726 e. The highest BCUT2D eigenvalue weighted by molar-refractivity contribution is 5.14. The number of ether oxygens (including phenoxy) is 1. The van der Waals surface area contributed by atoms with E-state index in [-0.39, 0.29) is 0 Å². The van der Waals surface area contributed by atoms with E-state index in [0.29, 0.717) is 18.1 Å². The lowest BCUT2D eigenvalue weighted by molar-refractivity contribution is -0.0603. The lowest BCUT2D eigenvalue weighted by atomic mass is 10.00. The van der Waals surface area contributed by atoms with E-state index in [1.54, 1.807) is 0 Å². The molecule has 3 heteroatoms. The Balaban J connectivity index is 2.87. The van der Waals surface area contributed by atoms with Crippen LogP contribution >= 0.6 is 0 Å². The highest BCUT2D eigenvalue weighted by Gasteiger charge is 2.25. The van der Waals surface area contributed by atoms with Crippen molar-refractivity contribution in [1.82, 2.24) is 4.90 Å². The van der Waals surface area contributed by atoms with Crippen molar-refractivity contribution in [2.24, 2.45) is 11.7 Å². The van der Waals surface area contributed by atoms with Crippen LogP contribution in [0.1, 0.15) is 41.0 Å². The van der Waals surface area contributed by atoms with Crippen molar-refractivity contribution in [3.63, 3.8) is 0 Å². The van der Waals surface area contributed by atoms with Gasteiger partial charge < -0.3 is 15.4 Å². The molecule has 17 heavy (non-hydrogen) atoms. The summed E-state index contributed by atoms with van der Waals surface area (Å²) in [6.07, 6.45) is 1.63. The summed E-state index contributed by atoms with van der Waals surface area (Å²) in [4.78, 5) is 2.49. The Bertz CT molecular complexity index is 263. The first kappa shape index (κ1) is 14.5. The summed E-state index contributed by atoms with van der Waals surface area (Å²) >= 11 is 0. The Labute approximate surface area is 106 Å². The van der Waals surface area contributed by atoms with Crippen molar-refractivity contribution in [2.45, 2.75) is 53.2 Å². The van der Waals surface area contributed by atoms with Crippen molar-refractivity contribution >= 4 is 0 Å². The summed E-state index contributed by atoms with van der Waals surface area (Å²) in [6.45, 7) is 13.8. The lowest BCUT2D eigenvalue weighted by Crippen LogP contribution is -2.46. The second-order valence-electron chi connectivity index (χ2n) is 5.52. The zero-order valence-electron chi connectivity index (χ0n) is 12.0. The van der Waals surface area contributed by atoms with E-state index >= 15 is 0 Å². The maximum atomic E-state index is 5.80. The first-order valence-corrected chi connectivity index (χ1v) is 6.75. The minimum Gasteiger partial charge on any atom is -0.372 e. The Morgan fingerprint density at radius 2 is 1.82 bits per heavy atom. The van der Waals surface area contributed by atoms with Crippen LogP contribution in [-0.2, 0) is 4.74 Å². The van der Waals surface area contributed by atoms with Gasteiger partial charge in [0.1, 0.15) is 0 Å². The number of hydrogen-bond donors (Lipinski definition) is 1. The van der Waals surface area contributed by atoms with E-state index in [9.17, 15) is 0 Å². The van der Waals surface area contributed by atoms with Crippen molar-refractivity contribution < 1.29 is 4.74 Å². The number of morpholine rings is 1.